The van der Waals surface area contributed by atoms with Crippen LogP contribution in [0.15, 0.2) is 65.6 Å². The number of carbonyl (C=O) groups excluding carboxylic acids is 2. The molecule has 0 bridgehead atoms. The lowest BCUT2D eigenvalue weighted by Crippen LogP contribution is -2.60. The minimum atomic E-state index is -3.60. The van der Waals surface area contributed by atoms with E-state index in [2.05, 4.69) is 26.1 Å². The van der Waals surface area contributed by atoms with E-state index in [0.717, 1.165) is 95.7 Å². The van der Waals surface area contributed by atoms with E-state index in [9.17, 15) is 26.8 Å². The largest absolute Gasteiger partial charge is 0.453 e. The molecule has 0 unspecified atom stereocenters. The Balaban J connectivity index is 0.825. The number of hydrogen-bond acceptors (Lipinski definition) is 9. The predicted molar refractivity (Wildman–Crippen MR) is 224 cm³/mol. The molecule has 11 nitrogen and oxygen atoms in total. The Kier molecular flexibility index (Phi) is 12.9. The fourth-order valence-corrected chi connectivity index (χ4v) is 12.6. The number of amides is 2. The van der Waals surface area contributed by atoms with E-state index in [1.165, 1.54) is 30.6 Å². The maximum Gasteiger partial charge on any atom is 0.407 e. The third kappa shape index (κ3) is 9.24. The number of carbonyl (C=O) groups is 2. The first-order valence-electron chi connectivity index (χ1n) is 22.0. The lowest BCUT2D eigenvalue weighted by molar-refractivity contribution is -0.129. The minimum Gasteiger partial charge on any atom is -0.453 e. The summed E-state index contributed by atoms with van der Waals surface area (Å²) in [6.45, 7) is 8.94. The first-order valence-corrected chi connectivity index (χ1v) is 23.6. The number of halogens is 3. The summed E-state index contributed by atoms with van der Waals surface area (Å²) in [6, 6.07) is 14.3. The van der Waals surface area contributed by atoms with Gasteiger partial charge in [0.25, 0.3) is 5.92 Å². The average molecular weight is 855 g/mol. The molecule has 1 N–H and O–H groups in total. The number of benzene rings is 2. The smallest absolute Gasteiger partial charge is 0.407 e. The molecule has 8 rings (SSSR count). The fourth-order valence-electron chi connectivity index (χ4n) is 11.0. The zero-order valence-corrected chi connectivity index (χ0v) is 35.6. The third-order valence-electron chi connectivity index (χ3n) is 14.6. The number of rotatable bonds is 14. The number of nitrogens with zero attached hydrogens (tertiary/aromatic N) is 5. The Bertz CT molecular complexity index is 1950. The molecule has 5 aliphatic heterocycles. The van der Waals surface area contributed by atoms with Crippen LogP contribution >= 0.6 is 0 Å². The second-order valence-corrected chi connectivity index (χ2v) is 20.5. The zero-order valence-electron chi connectivity index (χ0n) is 34.8. The van der Waals surface area contributed by atoms with Crippen molar-refractivity contribution in [2.24, 2.45) is 17.8 Å². The number of anilines is 1. The Morgan fingerprint density at radius 1 is 0.883 bits per heavy atom. The molecular formula is C45H61F3N6O5S. The van der Waals surface area contributed by atoms with Crippen LogP contribution in [-0.4, -0.2) is 149 Å². The van der Waals surface area contributed by atoms with Gasteiger partial charge in [-0.1, -0.05) is 24.6 Å². The van der Waals surface area contributed by atoms with E-state index in [-0.39, 0.29) is 73.0 Å². The van der Waals surface area contributed by atoms with Crippen LogP contribution in [0.1, 0.15) is 56.9 Å². The molecule has 2 aromatic carbocycles. The van der Waals surface area contributed by atoms with E-state index in [1.807, 2.05) is 23.1 Å². The van der Waals surface area contributed by atoms with Crippen molar-refractivity contribution in [2.75, 3.05) is 97.1 Å². The van der Waals surface area contributed by atoms with Gasteiger partial charge in [-0.15, -0.1) is 0 Å². The SMILES string of the molecule is COC(=O)N[C@H]1CCC[C@@H]1[C@](CN1CCC1)(c1cccc(F)c1)C1CCN(CC2CN(c3ccc(S(=O)(=O)C4CN(C(=O)/C=C/CN5CCC(F)(F)CC5)C4)cc3)C2)CC1. The topological polar surface area (TPSA) is 106 Å². The first-order chi connectivity index (χ1) is 28.8. The van der Waals surface area contributed by atoms with Crippen molar-refractivity contribution in [3.8, 4) is 0 Å². The molecule has 5 saturated heterocycles. The van der Waals surface area contributed by atoms with E-state index < -0.39 is 27.1 Å². The Morgan fingerprint density at radius 2 is 1.60 bits per heavy atom. The van der Waals surface area contributed by atoms with Crippen molar-refractivity contribution in [3.63, 3.8) is 0 Å². The maximum absolute atomic E-state index is 15.0. The second-order valence-electron chi connectivity index (χ2n) is 18.3. The van der Waals surface area contributed by atoms with Crippen molar-refractivity contribution in [2.45, 2.75) is 78.9 Å². The van der Waals surface area contributed by atoms with Crippen LogP contribution in [0.25, 0.3) is 0 Å². The molecule has 2 aromatic rings. The molecule has 60 heavy (non-hydrogen) atoms. The molecule has 2 amide bonds. The second kappa shape index (κ2) is 18.0. The van der Waals surface area contributed by atoms with E-state index >= 15 is 4.39 Å². The summed E-state index contributed by atoms with van der Waals surface area (Å²) in [5.74, 6) is -2.07. The van der Waals surface area contributed by atoms with E-state index in [0.29, 0.717) is 18.4 Å². The first kappa shape index (κ1) is 43.0. The van der Waals surface area contributed by atoms with Gasteiger partial charge in [0.05, 0.1) is 12.0 Å². The molecule has 15 heteroatoms. The maximum atomic E-state index is 15.0. The van der Waals surface area contributed by atoms with Crippen LogP contribution in [0.5, 0.6) is 0 Å². The van der Waals surface area contributed by atoms with Crippen molar-refractivity contribution in [3.05, 3.63) is 72.1 Å². The van der Waals surface area contributed by atoms with Gasteiger partial charge in [0.15, 0.2) is 9.84 Å². The Morgan fingerprint density at radius 3 is 2.25 bits per heavy atom. The highest BCUT2D eigenvalue weighted by Crippen LogP contribution is 2.51. The number of ether oxygens (including phenoxy) is 1. The van der Waals surface area contributed by atoms with Gasteiger partial charge in [-0.3, -0.25) is 9.69 Å². The highest BCUT2D eigenvalue weighted by molar-refractivity contribution is 7.92. The normalized spacial score (nSPS) is 26.0. The van der Waals surface area contributed by atoms with Gasteiger partial charge in [0.1, 0.15) is 11.1 Å². The van der Waals surface area contributed by atoms with Gasteiger partial charge >= 0.3 is 6.09 Å². The molecule has 1 aliphatic carbocycles. The van der Waals surface area contributed by atoms with Crippen molar-refractivity contribution < 1.29 is 35.9 Å². The molecule has 0 radical (unpaired) electrons. The summed E-state index contributed by atoms with van der Waals surface area (Å²) >= 11 is 0. The number of alkyl carbamates (subject to hydrolysis) is 1. The number of sulfone groups is 1. The molecule has 3 atom stereocenters. The van der Waals surface area contributed by atoms with Gasteiger partial charge in [0.2, 0.25) is 5.91 Å². The van der Waals surface area contributed by atoms with Crippen molar-refractivity contribution in [1.82, 2.24) is 24.9 Å². The fraction of sp³-hybridized carbons (Fsp3) is 0.644. The summed E-state index contributed by atoms with van der Waals surface area (Å²) in [7, 11) is -2.19. The van der Waals surface area contributed by atoms with Crippen LogP contribution in [0.4, 0.5) is 23.7 Å². The van der Waals surface area contributed by atoms with Crippen LogP contribution in [0.2, 0.25) is 0 Å². The molecule has 0 aromatic heterocycles. The van der Waals surface area contributed by atoms with Crippen LogP contribution in [0, 0.1) is 23.6 Å². The quantitative estimate of drug-likeness (QED) is 0.250. The third-order valence-corrected chi connectivity index (χ3v) is 16.7. The van der Waals surface area contributed by atoms with Crippen molar-refractivity contribution >= 4 is 27.5 Å². The highest BCUT2D eigenvalue weighted by Gasteiger charge is 2.53. The number of hydrogen-bond donors (Lipinski definition) is 1. The lowest BCUT2D eigenvalue weighted by Gasteiger charge is -2.54. The summed E-state index contributed by atoms with van der Waals surface area (Å²) in [4.78, 5) is 36.2. The molecular weight excluding hydrogens is 794 g/mol. The van der Waals surface area contributed by atoms with Gasteiger partial charge in [-0.05, 0) is 112 Å². The van der Waals surface area contributed by atoms with Crippen LogP contribution in [-0.2, 0) is 24.8 Å². The zero-order chi connectivity index (χ0) is 42.1. The summed E-state index contributed by atoms with van der Waals surface area (Å²) in [5.41, 5.74) is 1.76. The number of likely N-dealkylation sites (tertiary alicyclic amines) is 4. The van der Waals surface area contributed by atoms with Gasteiger partial charge in [-0.25, -0.2) is 26.4 Å². The summed E-state index contributed by atoms with van der Waals surface area (Å²) in [6.07, 6.45) is 8.42. The highest BCUT2D eigenvalue weighted by atomic mass is 32.2. The van der Waals surface area contributed by atoms with Gasteiger partial charge in [-0.2, -0.15) is 0 Å². The monoisotopic (exact) mass is 854 g/mol. The molecule has 6 aliphatic rings. The number of piperidine rings is 2. The Hall–Kier alpha value is -3.66. The number of methoxy groups -OCH3 is 1. The average Bonchev–Trinajstić information content (AvgIpc) is 3.64. The molecule has 328 valence electrons. The lowest BCUT2D eigenvalue weighted by atomic mass is 9.57. The molecule has 6 fully saturated rings. The molecule has 5 heterocycles. The minimum absolute atomic E-state index is 0.0250. The van der Waals surface area contributed by atoms with Crippen LogP contribution < -0.4 is 10.2 Å². The summed E-state index contributed by atoms with van der Waals surface area (Å²) in [5, 5.41) is 2.52. The van der Waals surface area contributed by atoms with E-state index in [4.69, 9.17) is 4.74 Å². The van der Waals surface area contributed by atoms with Crippen LogP contribution in [0.3, 0.4) is 0 Å². The summed E-state index contributed by atoms with van der Waals surface area (Å²) < 4.78 is 73.7. The van der Waals surface area contributed by atoms with Crippen molar-refractivity contribution in [1.29, 1.82) is 0 Å². The standard InChI is InChI=1S/C45H61F3N6O5S/c1-59-43(56)49-41-9-3-8-40(41)45(32-52-20-5-21-52,35-6-2-7-36(46)26-35)34-15-22-51(23-16-34)27-33-28-53(29-33)37-11-13-38(14-12-37)60(57,58)39-30-54(31-39)42(55)10-4-19-50-24-17-44(47,48)18-25-50/h2,4,6-7,10-14,26,33-34,39-41H,3,5,8-9,15-25,27-32H2,1H3,(H,49,56)/b10-4+/t40-,41-,45-/m0/s1. The predicted octanol–water partition coefficient (Wildman–Crippen LogP) is 5.41. The van der Waals surface area contributed by atoms with E-state index in [1.54, 1.807) is 24.3 Å². The Labute approximate surface area is 353 Å². The number of alkyl halides is 2. The molecule has 1 saturated carbocycles. The van der Waals surface area contributed by atoms with Gasteiger partial charge < -0.3 is 29.7 Å². The number of nitrogens with one attached hydrogen (secondary N) is 1. The van der Waals surface area contributed by atoms with Gasteiger partial charge in [0, 0.05) is 101 Å². The molecule has 0 spiro atoms.